The third-order valence-corrected chi connectivity index (χ3v) is 5.43. The first-order valence-corrected chi connectivity index (χ1v) is 9.36. The molecule has 1 amide bonds. The van der Waals surface area contributed by atoms with Crippen LogP contribution in [0, 0.1) is 0 Å². The zero-order valence-electron chi connectivity index (χ0n) is 14.8. The summed E-state index contributed by atoms with van der Waals surface area (Å²) in [5, 5.41) is 3.95. The van der Waals surface area contributed by atoms with E-state index < -0.39 is 17.8 Å². The van der Waals surface area contributed by atoms with Gasteiger partial charge in [-0.15, -0.1) is 0 Å². The molecule has 0 spiro atoms. The Kier molecular flexibility index (Phi) is 4.66. The second-order valence-electron chi connectivity index (χ2n) is 6.65. The van der Waals surface area contributed by atoms with Gasteiger partial charge in [-0.2, -0.15) is 18.3 Å². The van der Waals surface area contributed by atoms with Gasteiger partial charge in [0.1, 0.15) is 5.69 Å². The van der Waals surface area contributed by atoms with Crippen molar-refractivity contribution in [3.8, 4) is 11.5 Å². The van der Waals surface area contributed by atoms with Crippen LogP contribution in [0.15, 0.2) is 33.4 Å². The lowest BCUT2D eigenvalue weighted by molar-refractivity contribution is -0.883. The summed E-state index contributed by atoms with van der Waals surface area (Å²) in [4.78, 5) is 20.0. The molecule has 28 heavy (non-hydrogen) atoms. The van der Waals surface area contributed by atoms with Gasteiger partial charge in [-0.05, 0) is 34.1 Å². The normalized spacial score (nSPS) is 16.1. The van der Waals surface area contributed by atoms with Gasteiger partial charge in [0.05, 0.1) is 44.0 Å². The number of likely N-dealkylation sites (N-methyl/N-ethyl adjacent to an activating group) is 1. The van der Waals surface area contributed by atoms with E-state index in [9.17, 15) is 18.0 Å². The number of amides is 1. The molecule has 7 nitrogen and oxygen atoms in total. The minimum absolute atomic E-state index is 0.00706. The van der Waals surface area contributed by atoms with Crippen LogP contribution in [0.1, 0.15) is 16.2 Å². The maximum atomic E-state index is 13.6. The molecular weight excluding hydrogens is 443 g/mol. The van der Waals surface area contributed by atoms with Gasteiger partial charge in [-0.25, -0.2) is 9.50 Å². The lowest BCUT2D eigenvalue weighted by Gasteiger charge is -2.29. The summed E-state index contributed by atoms with van der Waals surface area (Å²) in [6.07, 6.45) is -3.34. The second kappa shape index (κ2) is 6.89. The van der Waals surface area contributed by atoms with Crippen molar-refractivity contribution in [2.24, 2.45) is 0 Å². The van der Waals surface area contributed by atoms with Crippen LogP contribution in [0.5, 0.6) is 0 Å². The summed E-state index contributed by atoms with van der Waals surface area (Å²) in [5.41, 5.74) is -1.21. The Morgan fingerprint density at radius 1 is 1.32 bits per heavy atom. The number of fused-ring (bicyclic) bond motifs is 1. The lowest BCUT2D eigenvalue weighted by atomic mass is 10.2. The molecule has 0 bridgehead atoms. The summed E-state index contributed by atoms with van der Waals surface area (Å²) in [6, 6.07) is 3.94. The molecule has 3 aromatic rings. The minimum atomic E-state index is -4.69. The quantitative estimate of drug-likeness (QED) is 0.635. The smallest absolute Gasteiger partial charge is 0.433 e. The van der Waals surface area contributed by atoms with Crippen molar-refractivity contribution in [3.05, 3.63) is 40.3 Å². The van der Waals surface area contributed by atoms with Gasteiger partial charge in [-0.1, -0.05) is 0 Å². The number of nitrogens with one attached hydrogen (secondary N) is 1. The maximum absolute atomic E-state index is 13.6. The van der Waals surface area contributed by atoms with Crippen LogP contribution in [0.4, 0.5) is 13.2 Å². The van der Waals surface area contributed by atoms with Crippen LogP contribution in [0.25, 0.3) is 17.1 Å². The highest BCUT2D eigenvalue weighted by molar-refractivity contribution is 9.10. The lowest BCUT2D eigenvalue weighted by Crippen LogP contribution is -3.12. The first kappa shape index (κ1) is 18.9. The summed E-state index contributed by atoms with van der Waals surface area (Å²) >= 11 is 3.23. The molecule has 1 saturated heterocycles. The van der Waals surface area contributed by atoms with E-state index in [1.165, 1.54) is 17.2 Å². The van der Waals surface area contributed by atoms with Crippen molar-refractivity contribution in [1.82, 2.24) is 19.5 Å². The van der Waals surface area contributed by atoms with Crippen molar-refractivity contribution in [2.45, 2.75) is 6.18 Å². The molecule has 0 aromatic carbocycles. The fourth-order valence-electron chi connectivity index (χ4n) is 3.12. The molecule has 0 saturated carbocycles. The topological polar surface area (TPSA) is 68.1 Å². The van der Waals surface area contributed by atoms with Gasteiger partial charge in [0.2, 0.25) is 0 Å². The van der Waals surface area contributed by atoms with Crippen LogP contribution < -0.4 is 4.90 Å². The number of piperazine rings is 1. The van der Waals surface area contributed by atoms with E-state index in [1.807, 2.05) is 7.05 Å². The Balaban J connectivity index is 1.84. The van der Waals surface area contributed by atoms with E-state index >= 15 is 0 Å². The molecule has 3 aromatic heterocycles. The van der Waals surface area contributed by atoms with Crippen LogP contribution in [0.3, 0.4) is 0 Å². The van der Waals surface area contributed by atoms with E-state index in [0.29, 0.717) is 17.6 Å². The molecular formula is C17H16BrF3N5O2+. The number of nitrogens with zero attached hydrogens (tertiary/aromatic N) is 4. The van der Waals surface area contributed by atoms with Crippen LogP contribution in [0.2, 0.25) is 0 Å². The molecule has 4 rings (SSSR count). The van der Waals surface area contributed by atoms with Gasteiger partial charge in [-0.3, -0.25) is 4.79 Å². The van der Waals surface area contributed by atoms with Crippen LogP contribution in [-0.2, 0) is 6.18 Å². The minimum Gasteiger partial charge on any atom is -0.463 e. The number of halogens is 4. The van der Waals surface area contributed by atoms with Crippen molar-refractivity contribution >= 4 is 27.5 Å². The molecule has 0 atom stereocenters. The number of quaternary nitrogens is 1. The average Bonchev–Trinajstić information content (AvgIpc) is 3.29. The van der Waals surface area contributed by atoms with Crippen LogP contribution >= 0.6 is 15.9 Å². The Morgan fingerprint density at radius 2 is 2.04 bits per heavy atom. The van der Waals surface area contributed by atoms with Crippen molar-refractivity contribution in [3.63, 3.8) is 0 Å². The number of hydrogen-bond donors (Lipinski definition) is 1. The van der Waals surface area contributed by atoms with E-state index in [4.69, 9.17) is 4.42 Å². The first-order chi connectivity index (χ1) is 13.3. The van der Waals surface area contributed by atoms with Crippen molar-refractivity contribution < 1.29 is 27.3 Å². The molecule has 1 aliphatic heterocycles. The first-order valence-electron chi connectivity index (χ1n) is 8.56. The highest BCUT2D eigenvalue weighted by atomic mass is 79.9. The molecule has 0 radical (unpaired) electrons. The number of hydrogen-bond acceptors (Lipinski definition) is 4. The van der Waals surface area contributed by atoms with Gasteiger partial charge in [0.15, 0.2) is 22.8 Å². The van der Waals surface area contributed by atoms with Crippen molar-refractivity contribution in [2.75, 3.05) is 33.2 Å². The average molecular weight is 459 g/mol. The third-order valence-electron chi connectivity index (χ3n) is 4.70. The summed E-state index contributed by atoms with van der Waals surface area (Å²) in [6.45, 7) is 2.57. The SMILES string of the molecule is C[NH+]1CCN(C(=O)c2nn3c(C(F)(F)F)cc(-c4ccco4)nc3c2Br)CC1. The molecule has 1 aliphatic rings. The predicted molar refractivity (Wildman–Crippen MR) is 95.9 cm³/mol. The highest BCUT2D eigenvalue weighted by Gasteiger charge is 2.37. The Morgan fingerprint density at radius 3 is 2.64 bits per heavy atom. The summed E-state index contributed by atoms with van der Waals surface area (Å²) in [7, 11) is 2.03. The third kappa shape index (κ3) is 3.28. The van der Waals surface area contributed by atoms with Gasteiger partial charge in [0, 0.05) is 0 Å². The van der Waals surface area contributed by atoms with Gasteiger partial charge >= 0.3 is 6.18 Å². The van der Waals surface area contributed by atoms with E-state index in [-0.39, 0.29) is 27.3 Å². The molecule has 1 N–H and O–H groups in total. The molecule has 1 fully saturated rings. The van der Waals surface area contributed by atoms with Crippen molar-refractivity contribution in [1.29, 1.82) is 0 Å². The fourth-order valence-corrected chi connectivity index (χ4v) is 3.63. The molecule has 0 aliphatic carbocycles. The standard InChI is InChI=1S/C17H15BrF3N5O2/c1-24-4-6-25(7-5-24)16(27)14-13(18)15-22-10(11-3-2-8-28-11)9-12(17(19,20)21)26(15)23-14/h2-3,8-9H,4-7H2,1H3/p+1. The summed E-state index contributed by atoms with van der Waals surface area (Å²) in [5.74, 6) is -0.228. The monoisotopic (exact) mass is 458 g/mol. The number of aromatic nitrogens is 3. The zero-order chi connectivity index (χ0) is 20.1. The van der Waals surface area contributed by atoms with Gasteiger partial charge in [0.25, 0.3) is 5.91 Å². The molecule has 148 valence electrons. The number of carbonyl (C=O) groups is 1. The molecule has 4 heterocycles. The van der Waals surface area contributed by atoms with Gasteiger partial charge < -0.3 is 14.2 Å². The number of alkyl halides is 3. The fraction of sp³-hybridized carbons (Fsp3) is 0.353. The molecule has 11 heteroatoms. The van der Waals surface area contributed by atoms with E-state index in [1.54, 1.807) is 11.0 Å². The van der Waals surface area contributed by atoms with E-state index in [0.717, 1.165) is 19.2 Å². The zero-order valence-corrected chi connectivity index (χ0v) is 16.3. The number of furan rings is 1. The number of carbonyl (C=O) groups excluding carboxylic acids is 1. The Hall–Kier alpha value is -2.40. The summed E-state index contributed by atoms with van der Waals surface area (Å²) < 4.78 is 46.9. The van der Waals surface area contributed by atoms with E-state index in [2.05, 4.69) is 26.0 Å². The largest absolute Gasteiger partial charge is 0.463 e. The number of rotatable bonds is 2. The Bertz CT molecular complexity index is 1020. The highest BCUT2D eigenvalue weighted by Crippen LogP contribution is 2.35. The van der Waals surface area contributed by atoms with Crippen LogP contribution in [-0.4, -0.2) is 58.6 Å². The second-order valence-corrected chi connectivity index (χ2v) is 7.44. The predicted octanol–water partition coefficient (Wildman–Crippen LogP) is 1.74. The molecule has 0 unspecified atom stereocenters. The Labute approximate surface area is 165 Å². The maximum Gasteiger partial charge on any atom is 0.433 e.